The van der Waals surface area contributed by atoms with Gasteiger partial charge < -0.3 is 9.72 Å². The van der Waals surface area contributed by atoms with Crippen LogP contribution in [0.2, 0.25) is 0 Å². The first kappa shape index (κ1) is 21.0. The smallest absolute Gasteiger partial charge is 0.127 e. The average Bonchev–Trinajstić information content (AvgIpc) is 3.20. The fourth-order valence-electron chi connectivity index (χ4n) is 4.39. The van der Waals surface area contributed by atoms with E-state index in [0.717, 1.165) is 44.8 Å². The summed E-state index contributed by atoms with van der Waals surface area (Å²) in [6, 6.07) is 32.9. The van der Waals surface area contributed by atoms with Gasteiger partial charge in [-0.1, -0.05) is 48.5 Å². The summed E-state index contributed by atoms with van der Waals surface area (Å²) in [5.41, 5.74) is 5.26. The lowest BCUT2D eigenvalue weighted by atomic mass is 9.92. The number of fused-ring (bicyclic) bond motifs is 1. The van der Waals surface area contributed by atoms with Crippen LogP contribution in [-0.4, -0.2) is 24.0 Å². The summed E-state index contributed by atoms with van der Waals surface area (Å²) in [7, 11) is 4.15. The van der Waals surface area contributed by atoms with E-state index in [2.05, 4.69) is 54.3 Å². The molecule has 1 N–H and O–H groups in total. The third-order valence-corrected chi connectivity index (χ3v) is 5.82. The highest BCUT2D eigenvalue weighted by atomic mass is 19.1. The van der Waals surface area contributed by atoms with Gasteiger partial charge in [-0.15, -0.1) is 0 Å². The van der Waals surface area contributed by atoms with Crippen molar-refractivity contribution in [3.63, 3.8) is 0 Å². The van der Waals surface area contributed by atoms with Gasteiger partial charge in [0.25, 0.3) is 0 Å². The summed E-state index contributed by atoms with van der Waals surface area (Å²) in [5.74, 6) is 1.34. The van der Waals surface area contributed by atoms with Crippen LogP contribution in [0.5, 0.6) is 11.5 Å². The molecular weight excluding hydrogens is 411 g/mol. The molecule has 3 nitrogen and oxygen atoms in total. The van der Waals surface area contributed by atoms with Gasteiger partial charge in [0, 0.05) is 16.5 Å². The van der Waals surface area contributed by atoms with E-state index in [4.69, 9.17) is 4.74 Å². The molecule has 1 unspecified atom stereocenters. The maximum atomic E-state index is 13.7. The van der Waals surface area contributed by atoms with E-state index in [9.17, 15) is 4.39 Å². The summed E-state index contributed by atoms with van der Waals surface area (Å²) in [5, 5.41) is 1.14. The fourth-order valence-corrected chi connectivity index (χ4v) is 4.39. The van der Waals surface area contributed by atoms with E-state index in [1.165, 1.54) is 12.1 Å². The van der Waals surface area contributed by atoms with Gasteiger partial charge in [0.1, 0.15) is 17.3 Å². The van der Waals surface area contributed by atoms with Gasteiger partial charge in [-0.05, 0) is 79.8 Å². The molecule has 0 saturated heterocycles. The Balaban J connectivity index is 1.65. The number of aromatic amines is 1. The Bertz CT molecular complexity index is 1370. The predicted octanol–water partition coefficient (Wildman–Crippen LogP) is 7.42. The lowest BCUT2D eigenvalue weighted by Gasteiger charge is -2.26. The van der Waals surface area contributed by atoms with Crippen LogP contribution in [-0.2, 0) is 0 Å². The van der Waals surface area contributed by atoms with Crippen molar-refractivity contribution in [1.82, 2.24) is 9.88 Å². The zero-order valence-electron chi connectivity index (χ0n) is 18.6. The monoisotopic (exact) mass is 436 g/mol. The lowest BCUT2D eigenvalue weighted by molar-refractivity contribution is 0.343. The summed E-state index contributed by atoms with van der Waals surface area (Å²) in [4.78, 5) is 5.78. The quantitative estimate of drug-likeness (QED) is 0.300. The zero-order chi connectivity index (χ0) is 22.8. The number of rotatable bonds is 6. The van der Waals surface area contributed by atoms with Gasteiger partial charge in [0.15, 0.2) is 0 Å². The largest absolute Gasteiger partial charge is 0.457 e. The van der Waals surface area contributed by atoms with Crippen LogP contribution >= 0.6 is 0 Å². The number of hydrogen-bond acceptors (Lipinski definition) is 2. The minimum absolute atomic E-state index is 0.0412. The molecular formula is C29H25FN2O. The first-order valence-electron chi connectivity index (χ1n) is 11.0. The van der Waals surface area contributed by atoms with Gasteiger partial charge in [0.2, 0.25) is 0 Å². The van der Waals surface area contributed by atoms with Crippen molar-refractivity contribution < 1.29 is 9.13 Å². The Morgan fingerprint density at radius 2 is 1.45 bits per heavy atom. The number of nitrogens with one attached hydrogen (secondary N) is 1. The van der Waals surface area contributed by atoms with Gasteiger partial charge in [-0.2, -0.15) is 0 Å². The highest BCUT2D eigenvalue weighted by Gasteiger charge is 2.25. The molecule has 164 valence electrons. The normalized spacial score (nSPS) is 12.2. The van der Waals surface area contributed by atoms with Crippen LogP contribution in [0.4, 0.5) is 4.39 Å². The third kappa shape index (κ3) is 4.26. The van der Waals surface area contributed by atoms with Gasteiger partial charge in [-0.3, -0.25) is 4.90 Å². The Labute approximate surface area is 193 Å². The maximum absolute atomic E-state index is 13.7. The molecule has 1 atom stereocenters. The highest BCUT2D eigenvalue weighted by molar-refractivity contribution is 5.91. The second kappa shape index (κ2) is 8.93. The standard InChI is InChI=1S/C29H25FN2O/c1-32(2)29(21-9-8-12-24(19-21)33-23-10-4-3-5-11-23)27-25-13-6-7-14-26(25)31-28(27)20-15-17-22(30)18-16-20/h3-19,29,31H,1-2H3. The number of H-pyrrole nitrogens is 1. The van der Waals surface area contributed by atoms with Crippen LogP contribution in [0.1, 0.15) is 17.2 Å². The summed E-state index contributed by atoms with van der Waals surface area (Å²) in [6.07, 6.45) is 0. The molecule has 5 aromatic rings. The van der Waals surface area contributed by atoms with Gasteiger partial charge in [0.05, 0.1) is 11.7 Å². The van der Waals surface area contributed by atoms with Crippen molar-refractivity contribution in [3.8, 4) is 22.8 Å². The zero-order valence-corrected chi connectivity index (χ0v) is 18.6. The number of para-hydroxylation sites is 2. The highest BCUT2D eigenvalue weighted by Crippen LogP contribution is 2.40. The van der Waals surface area contributed by atoms with E-state index in [1.54, 1.807) is 0 Å². The van der Waals surface area contributed by atoms with Gasteiger partial charge in [-0.25, -0.2) is 4.39 Å². The lowest BCUT2D eigenvalue weighted by Crippen LogP contribution is -2.21. The Morgan fingerprint density at radius 1 is 0.758 bits per heavy atom. The molecule has 4 heteroatoms. The number of halogens is 1. The van der Waals surface area contributed by atoms with Crippen LogP contribution in [0.3, 0.4) is 0 Å². The molecule has 0 aliphatic heterocycles. The molecule has 0 amide bonds. The van der Waals surface area contributed by atoms with Crippen LogP contribution in [0, 0.1) is 5.82 Å². The number of benzene rings is 4. The Hall–Kier alpha value is -3.89. The van der Waals surface area contributed by atoms with E-state index >= 15 is 0 Å². The molecule has 0 aliphatic carbocycles. The average molecular weight is 437 g/mol. The number of nitrogens with zero attached hydrogens (tertiary/aromatic N) is 1. The van der Waals surface area contributed by atoms with E-state index < -0.39 is 0 Å². The summed E-state index contributed by atoms with van der Waals surface area (Å²) in [6.45, 7) is 0. The van der Waals surface area contributed by atoms with Crippen molar-refractivity contribution in [2.45, 2.75) is 6.04 Å². The molecule has 0 spiro atoms. The van der Waals surface area contributed by atoms with E-state index in [0.29, 0.717) is 0 Å². The van der Waals surface area contributed by atoms with Crippen molar-refractivity contribution in [1.29, 1.82) is 0 Å². The third-order valence-electron chi connectivity index (χ3n) is 5.82. The minimum atomic E-state index is -0.244. The van der Waals surface area contributed by atoms with Crippen molar-refractivity contribution in [2.75, 3.05) is 14.1 Å². The first-order chi connectivity index (χ1) is 16.1. The van der Waals surface area contributed by atoms with E-state index in [1.807, 2.05) is 60.7 Å². The van der Waals surface area contributed by atoms with Crippen molar-refractivity contribution >= 4 is 10.9 Å². The number of hydrogen-bond donors (Lipinski definition) is 1. The number of aromatic nitrogens is 1. The summed E-state index contributed by atoms with van der Waals surface area (Å²) >= 11 is 0. The van der Waals surface area contributed by atoms with Crippen LogP contribution in [0.25, 0.3) is 22.2 Å². The first-order valence-corrected chi connectivity index (χ1v) is 11.0. The second-order valence-electron chi connectivity index (χ2n) is 8.32. The van der Waals surface area contributed by atoms with Crippen molar-refractivity contribution in [2.24, 2.45) is 0 Å². The van der Waals surface area contributed by atoms with Gasteiger partial charge >= 0.3 is 0 Å². The molecule has 1 aromatic heterocycles. The molecule has 5 rings (SSSR count). The Kier molecular flexibility index (Phi) is 5.68. The maximum Gasteiger partial charge on any atom is 0.127 e. The predicted molar refractivity (Wildman–Crippen MR) is 132 cm³/mol. The molecule has 1 heterocycles. The topological polar surface area (TPSA) is 28.3 Å². The number of ether oxygens (including phenoxy) is 1. The molecule has 0 bridgehead atoms. The molecule has 0 saturated carbocycles. The molecule has 0 fully saturated rings. The molecule has 33 heavy (non-hydrogen) atoms. The van der Waals surface area contributed by atoms with E-state index in [-0.39, 0.29) is 11.9 Å². The second-order valence-corrected chi connectivity index (χ2v) is 8.32. The fraction of sp³-hybridized carbons (Fsp3) is 0.103. The Morgan fingerprint density at radius 3 is 2.21 bits per heavy atom. The SMILES string of the molecule is CN(C)C(c1cccc(Oc2ccccc2)c1)c1c(-c2ccc(F)cc2)[nH]c2ccccc12. The minimum Gasteiger partial charge on any atom is -0.457 e. The molecule has 4 aromatic carbocycles. The van der Waals surface area contributed by atoms with Crippen LogP contribution < -0.4 is 4.74 Å². The molecule has 0 aliphatic rings. The molecule has 0 radical (unpaired) electrons. The summed E-state index contributed by atoms with van der Waals surface area (Å²) < 4.78 is 19.8. The van der Waals surface area contributed by atoms with Crippen LogP contribution in [0.15, 0.2) is 103 Å². The van der Waals surface area contributed by atoms with Crippen molar-refractivity contribution in [3.05, 3.63) is 120 Å².